The van der Waals surface area contributed by atoms with Gasteiger partial charge in [0.25, 0.3) is 0 Å². The summed E-state index contributed by atoms with van der Waals surface area (Å²) in [6, 6.07) is 0. The van der Waals surface area contributed by atoms with Gasteiger partial charge in [0.05, 0.1) is 0 Å². The maximum absolute atomic E-state index is 12.5. The number of hydrogen-bond acceptors (Lipinski definition) is 6. The standard InChI is InChI=1S/C41H76O6/c1-4-7-10-13-16-17-18-19-20-21-22-23-26-28-31-34-40(43)46-37-38(47-41(44)35-32-29-25-15-12-9-6-3)36-45-39(42)33-30-27-24-14-11-8-5-2/h19-20,38H,4-18,21-37H2,1-3H3/b20-19+. The van der Waals surface area contributed by atoms with E-state index in [0.29, 0.717) is 19.3 Å². The Labute approximate surface area is 290 Å². The third kappa shape index (κ3) is 35.3. The molecule has 1 unspecified atom stereocenters. The van der Waals surface area contributed by atoms with Crippen LogP contribution in [0.15, 0.2) is 12.2 Å². The summed E-state index contributed by atoms with van der Waals surface area (Å²) in [4.78, 5) is 37.3. The molecule has 47 heavy (non-hydrogen) atoms. The molecule has 0 amide bonds. The Kier molecular flexibility index (Phi) is 35.5. The molecule has 0 radical (unpaired) electrons. The molecule has 0 aromatic rings. The van der Waals surface area contributed by atoms with E-state index >= 15 is 0 Å². The highest BCUT2D eigenvalue weighted by Gasteiger charge is 2.19. The summed E-state index contributed by atoms with van der Waals surface area (Å²) in [6.45, 7) is 6.53. The average Bonchev–Trinajstić information content (AvgIpc) is 3.06. The second-order valence-electron chi connectivity index (χ2n) is 13.6. The lowest BCUT2D eigenvalue weighted by Crippen LogP contribution is -2.30. The van der Waals surface area contributed by atoms with Crippen molar-refractivity contribution in [2.45, 2.75) is 219 Å². The van der Waals surface area contributed by atoms with Gasteiger partial charge in [0.1, 0.15) is 13.2 Å². The van der Waals surface area contributed by atoms with Crippen LogP contribution in [0.4, 0.5) is 0 Å². The van der Waals surface area contributed by atoms with Gasteiger partial charge in [0.15, 0.2) is 6.10 Å². The van der Waals surface area contributed by atoms with Crippen LogP contribution in [0, 0.1) is 0 Å². The normalized spacial score (nSPS) is 12.0. The summed E-state index contributed by atoms with van der Waals surface area (Å²) in [5, 5.41) is 0. The second-order valence-corrected chi connectivity index (χ2v) is 13.6. The van der Waals surface area contributed by atoms with Gasteiger partial charge in [0.2, 0.25) is 0 Å². The van der Waals surface area contributed by atoms with E-state index in [4.69, 9.17) is 14.2 Å². The fourth-order valence-electron chi connectivity index (χ4n) is 5.67. The lowest BCUT2D eigenvalue weighted by Gasteiger charge is -2.18. The largest absolute Gasteiger partial charge is 0.462 e. The molecule has 6 heteroatoms. The number of ether oxygens (including phenoxy) is 3. The Morgan fingerprint density at radius 1 is 0.404 bits per heavy atom. The van der Waals surface area contributed by atoms with Crippen molar-refractivity contribution < 1.29 is 28.6 Å². The highest BCUT2D eigenvalue weighted by atomic mass is 16.6. The summed E-state index contributed by atoms with van der Waals surface area (Å²) in [5.41, 5.74) is 0. The van der Waals surface area contributed by atoms with Gasteiger partial charge in [-0.3, -0.25) is 14.4 Å². The molecule has 0 aliphatic rings. The molecule has 0 aromatic carbocycles. The van der Waals surface area contributed by atoms with E-state index in [1.54, 1.807) is 0 Å². The van der Waals surface area contributed by atoms with Crippen molar-refractivity contribution >= 4 is 17.9 Å². The van der Waals surface area contributed by atoms with Crippen molar-refractivity contribution in [1.82, 2.24) is 0 Å². The Balaban J connectivity index is 4.24. The summed E-state index contributed by atoms with van der Waals surface area (Å²) < 4.78 is 16.5. The first kappa shape index (κ1) is 45.2. The molecule has 0 spiro atoms. The van der Waals surface area contributed by atoms with Crippen LogP contribution < -0.4 is 0 Å². The zero-order valence-corrected chi connectivity index (χ0v) is 31.3. The van der Waals surface area contributed by atoms with E-state index in [0.717, 1.165) is 64.2 Å². The number of esters is 3. The van der Waals surface area contributed by atoms with Gasteiger partial charge in [-0.2, -0.15) is 0 Å². The number of allylic oxidation sites excluding steroid dienone is 2. The first-order chi connectivity index (χ1) is 23.0. The molecule has 0 fully saturated rings. The van der Waals surface area contributed by atoms with Gasteiger partial charge >= 0.3 is 17.9 Å². The predicted octanol–water partition coefficient (Wildman–Crippen LogP) is 12.3. The van der Waals surface area contributed by atoms with Crippen LogP contribution in [0.3, 0.4) is 0 Å². The maximum Gasteiger partial charge on any atom is 0.306 e. The molecule has 0 heterocycles. The molecule has 0 N–H and O–H groups in total. The van der Waals surface area contributed by atoms with Crippen molar-refractivity contribution in [3.05, 3.63) is 12.2 Å². The van der Waals surface area contributed by atoms with Gasteiger partial charge in [-0.1, -0.05) is 161 Å². The van der Waals surface area contributed by atoms with Crippen LogP contribution in [-0.2, 0) is 28.6 Å². The van der Waals surface area contributed by atoms with E-state index in [2.05, 4.69) is 32.9 Å². The number of hydrogen-bond donors (Lipinski definition) is 0. The van der Waals surface area contributed by atoms with Gasteiger partial charge < -0.3 is 14.2 Å². The Bertz CT molecular complexity index is 733. The molecular weight excluding hydrogens is 588 g/mol. The fraction of sp³-hybridized carbons (Fsp3) is 0.878. The smallest absolute Gasteiger partial charge is 0.306 e. The molecular formula is C41H76O6. The first-order valence-electron chi connectivity index (χ1n) is 20.2. The number of unbranched alkanes of at least 4 members (excludes halogenated alkanes) is 23. The number of carbonyl (C=O) groups is 3. The van der Waals surface area contributed by atoms with Crippen molar-refractivity contribution in [1.29, 1.82) is 0 Å². The molecule has 6 nitrogen and oxygen atoms in total. The van der Waals surface area contributed by atoms with Gasteiger partial charge in [0, 0.05) is 19.3 Å². The summed E-state index contributed by atoms with van der Waals surface area (Å²) in [5.74, 6) is -0.892. The van der Waals surface area contributed by atoms with E-state index in [9.17, 15) is 14.4 Å². The number of carbonyl (C=O) groups excluding carboxylic acids is 3. The lowest BCUT2D eigenvalue weighted by atomic mass is 10.1. The lowest BCUT2D eigenvalue weighted by molar-refractivity contribution is -0.167. The average molecular weight is 665 g/mol. The number of rotatable bonds is 36. The predicted molar refractivity (Wildman–Crippen MR) is 196 cm³/mol. The Hall–Kier alpha value is -1.85. The van der Waals surface area contributed by atoms with E-state index in [1.165, 1.54) is 109 Å². The maximum atomic E-state index is 12.5. The Morgan fingerprint density at radius 3 is 1.06 bits per heavy atom. The third-order valence-corrected chi connectivity index (χ3v) is 8.77. The van der Waals surface area contributed by atoms with E-state index in [-0.39, 0.29) is 31.1 Å². The van der Waals surface area contributed by atoms with Crippen molar-refractivity contribution in [3.8, 4) is 0 Å². The monoisotopic (exact) mass is 665 g/mol. The summed E-state index contributed by atoms with van der Waals surface area (Å²) in [7, 11) is 0. The van der Waals surface area contributed by atoms with E-state index in [1.807, 2.05) is 0 Å². The quantitative estimate of drug-likeness (QED) is 0.0287. The van der Waals surface area contributed by atoms with Crippen LogP contribution in [0.1, 0.15) is 213 Å². The van der Waals surface area contributed by atoms with Gasteiger partial charge in [-0.15, -0.1) is 0 Å². The van der Waals surface area contributed by atoms with E-state index < -0.39 is 6.10 Å². The molecule has 0 aliphatic carbocycles. The van der Waals surface area contributed by atoms with Crippen LogP contribution in [0.25, 0.3) is 0 Å². The molecule has 0 saturated heterocycles. The van der Waals surface area contributed by atoms with Crippen molar-refractivity contribution in [3.63, 3.8) is 0 Å². The molecule has 0 bridgehead atoms. The minimum atomic E-state index is -0.761. The minimum absolute atomic E-state index is 0.0707. The molecule has 276 valence electrons. The van der Waals surface area contributed by atoms with Crippen LogP contribution in [0.2, 0.25) is 0 Å². The zero-order valence-electron chi connectivity index (χ0n) is 31.3. The topological polar surface area (TPSA) is 78.9 Å². The first-order valence-corrected chi connectivity index (χ1v) is 20.2. The molecule has 0 saturated carbocycles. The van der Waals surface area contributed by atoms with Crippen LogP contribution in [0.5, 0.6) is 0 Å². The van der Waals surface area contributed by atoms with Gasteiger partial charge in [-0.25, -0.2) is 0 Å². The minimum Gasteiger partial charge on any atom is -0.462 e. The molecule has 1 atom stereocenters. The zero-order chi connectivity index (χ0) is 34.5. The van der Waals surface area contributed by atoms with Crippen LogP contribution in [-0.4, -0.2) is 37.2 Å². The fourth-order valence-corrected chi connectivity index (χ4v) is 5.67. The Morgan fingerprint density at radius 2 is 0.702 bits per heavy atom. The molecule has 0 rings (SSSR count). The summed E-state index contributed by atoms with van der Waals surface area (Å²) >= 11 is 0. The van der Waals surface area contributed by atoms with Crippen molar-refractivity contribution in [2.24, 2.45) is 0 Å². The SMILES string of the molecule is CCCCCCCC/C=C/CCCCCCCC(=O)OCC(COC(=O)CCCCCCCCC)OC(=O)CCCCCCCCC. The summed E-state index contributed by atoms with van der Waals surface area (Å²) in [6.07, 6.45) is 36.4. The van der Waals surface area contributed by atoms with Gasteiger partial charge in [-0.05, 0) is 44.9 Å². The van der Waals surface area contributed by atoms with Crippen molar-refractivity contribution in [2.75, 3.05) is 13.2 Å². The van der Waals surface area contributed by atoms with Crippen LogP contribution >= 0.6 is 0 Å². The highest BCUT2D eigenvalue weighted by molar-refractivity contribution is 5.71. The molecule has 0 aromatic heterocycles. The molecule has 0 aliphatic heterocycles. The second kappa shape index (κ2) is 37.0. The third-order valence-electron chi connectivity index (χ3n) is 8.77. The highest BCUT2D eigenvalue weighted by Crippen LogP contribution is 2.13.